The zero-order chi connectivity index (χ0) is 25.8. The van der Waals surface area contributed by atoms with Crippen LogP contribution >= 0.6 is 0 Å². The summed E-state index contributed by atoms with van der Waals surface area (Å²) in [5.41, 5.74) is 6.67. The summed E-state index contributed by atoms with van der Waals surface area (Å²) in [5.74, 6) is 0.947. The molecule has 0 aliphatic carbocycles. The highest BCUT2D eigenvalue weighted by Crippen LogP contribution is 2.38. The smallest absolute Gasteiger partial charge is 0.146 e. The average molecular weight is 497 g/mol. The molecule has 0 atom stereocenters. The second kappa shape index (κ2) is 8.68. The van der Waals surface area contributed by atoms with Crippen molar-refractivity contribution in [2.75, 3.05) is 0 Å². The van der Waals surface area contributed by atoms with Gasteiger partial charge in [-0.2, -0.15) is 0 Å². The van der Waals surface area contributed by atoms with Gasteiger partial charge in [-0.05, 0) is 73.8 Å². The summed E-state index contributed by atoms with van der Waals surface area (Å²) in [6, 6.07) is 52.0. The molecule has 1 aromatic heterocycles. The molecular weight excluding hydrogens is 472 g/mol. The van der Waals surface area contributed by atoms with E-state index in [1.807, 2.05) is 0 Å². The topological polar surface area (TPSA) is 17.8 Å². The van der Waals surface area contributed by atoms with E-state index in [0.29, 0.717) is 0 Å². The standard InChI is InChI=1S/C37H24N2/c1-2-11-28(12-3-1)39-36-17-9-8-16-35(36)38-37(39)34-15-7-6-14-30(34)26-19-21-31-27(24-26)20-23-32-29-13-5-4-10-25(29)18-22-33(31)32/h1-24H. The Labute approximate surface area is 226 Å². The lowest BCUT2D eigenvalue weighted by Gasteiger charge is -2.14. The normalized spacial score (nSPS) is 11.6. The number of aromatic nitrogens is 2. The fourth-order valence-corrected chi connectivity index (χ4v) is 5.97. The summed E-state index contributed by atoms with van der Waals surface area (Å²) < 4.78 is 2.27. The van der Waals surface area contributed by atoms with Crippen LogP contribution in [0.5, 0.6) is 0 Å². The minimum atomic E-state index is 0.947. The molecule has 0 aliphatic heterocycles. The fourth-order valence-electron chi connectivity index (χ4n) is 5.97. The van der Waals surface area contributed by atoms with E-state index in [-0.39, 0.29) is 0 Å². The Bertz CT molecular complexity index is 2170. The molecule has 0 radical (unpaired) electrons. The Kier molecular flexibility index (Phi) is 4.86. The van der Waals surface area contributed by atoms with Gasteiger partial charge < -0.3 is 0 Å². The van der Waals surface area contributed by atoms with Crippen molar-refractivity contribution < 1.29 is 0 Å². The quantitative estimate of drug-likeness (QED) is 0.223. The predicted octanol–water partition coefficient (Wildman–Crippen LogP) is 9.82. The first-order valence-electron chi connectivity index (χ1n) is 13.3. The minimum Gasteiger partial charge on any atom is -0.292 e. The molecule has 0 unspecified atom stereocenters. The highest BCUT2D eigenvalue weighted by atomic mass is 15.1. The lowest BCUT2D eigenvalue weighted by molar-refractivity contribution is 1.10. The van der Waals surface area contributed by atoms with Crippen LogP contribution in [0.3, 0.4) is 0 Å². The molecule has 0 amide bonds. The van der Waals surface area contributed by atoms with Gasteiger partial charge in [0.1, 0.15) is 5.82 Å². The maximum Gasteiger partial charge on any atom is 0.146 e. The van der Waals surface area contributed by atoms with Crippen molar-refractivity contribution in [3.05, 3.63) is 146 Å². The highest BCUT2D eigenvalue weighted by Gasteiger charge is 2.18. The number of benzene rings is 7. The molecule has 8 rings (SSSR count). The van der Waals surface area contributed by atoms with Crippen LogP contribution in [0.2, 0.25) is 0 Å². The van der Waals surface area contributed by atoms with E-state index < -0.39 is 0 Å². The monoisotopic (exact) mass is 496 g/mol. The van der Waals surface area contributed by atoms with Crippen LogP contribution in [-0.4, -0.2) is 9.55 Å². The van der Waals surface area contributed by atoms with Crippen molar-refractivity contribution in [3.8, 4) is 28.2 Å². The number of para-hydroxylation sites is 3. The summed E-state index contributed by atoms with van der Waals surface area (Å²) in [7, 11) is 0. The van der Waals surface area contributed by atoms with Gasteiger partial charge in [-0.25, -0.2) is 4.98 Å². The third-order valence-electron chi connectivity index (χ3n) is 7.80. The van der Waals surface area contributed by atoms with Gasteiger partial charge in [-0.15, -0.1) is 0 Å². The second-order valence-corrected chi connectivity index (χ2v) is 10.0. The van der Waals surface area contributed by atoms with E-state index in [1.165, 1.54) is 43.4 Å². The Morgan fingerprint density at radius 2 is 1.08 bits per heavy atom. The molecule has 39 heavy (non-hydrogen) atoms. The molecule has 182 valence electrons. The van der Waals surface area contributed by atoms with Crippen LogP contribution in [0.25, 0.3) is 71.6 Å². The summed E-state index contributed by atoms with van der Waals surface area (Å²) in [4.78, 5) is 5.14. The number of hydrogen-bond acceptors (Lipinski definition) is 1. The molecule has 0 aliphatic rings. The van der Waals surface area contributed by atoms with Crippen molar-refractivity contribution in [2.24, 2.45) is 0 Å². The summed E-state index contributed by atoms with van der Waals surface area (Å²) in [5, 5.41) is 7.67. The van der Waals surface area contributed by atoms with E-state index in [1.54, 1.807) is 0 Å². The Balaban J connectivity index is 1.34. The number of nitrogens with zero attached hydrogens (tertiary/aromatic N) is 2. The van der Waals surface area contributed by atoms with Crippen molar-refractivity contribution in [2.45, 2.75) is 0 Å². The Hall–Kier alpha value is -5.21. The van der Waals surface area contributed by atoms with Crippen LogP contribution < -0.4 is 0 Å². The second-order valence-electron chi connectivity index (χ2n) is 10.0. The van der Waals surface area contributed by atoms with E-state index in [0.717, 1.165) is 28.1 Å². The van der Waals surface area contributed by atoms with E-state index in [9.17, 15) is 0 Å². The van der Waals surface area contributed by atoms with Gasteiger partial charge in [0.15, 0.2) is 0 Å². The van der Waals surface area contributed by atoms with Crippen molar-refractivity contribution in [1.29, 1.82) is 0 Å². The molecular formula is C37H24N2. The summed E-state index contributed by atoms with van der Waals surface area (Å²) in [6.45, 7) is 0. The van der Waals surface area contributed by atoms with Crippen LogP contribution in [0.1, 0.15) is 0 Å². The van der Waals surface area contributed by atoms with Crippen LogP contribution in [0.4, 0.5) is 0 Å². The lowest BCUT2D eigenvalue weighted by atomic mass is 9.93. The third-order valence-corrected chi connectivity index (χ3v) is 7.80. The van der Waals surface area contributed by atoms with Gasteiger partial charge in [-0.3, -0.25) is 4.57 Å². The SMILES string of the molecule is c1ccc(-n2c(-c3ccccc3-c3ccc4c(ccc5c6ccccc6ccc45)c3)nc3ccccc32)cc1. The molecule has 2 heteroatoms. The minimum absolute atomic E-state index is 0.947. The van der Waals surface area contributed by atoms with Crippen LogP contribution in [-0.2, 0) is 0 Å². The average Bonchev–Trinajstić information content (AvgIpc) is 3.40. The zero-order valence-corrected chi connectivity index (χ0v) is 21.3. The number of hydrogen-bond donors (Lipinski definition) is 0. The molecule has 1 heterocycles. The number of imidazole rings is 1. The highest BCUT2D eigenvalue weighted by molar-refractivity contribution is 6.17. The third kappa shape index (κ3) is 3.46. The molecule has 0 fully saturated rings. The van der Waals surface area contributed by atoms with Gasteiger partial charge in [0.05, 0.1) is 11.0 Å². The summed E-state index contributed by atoms with van der Waals surface area (Å²) >= 11 is 0. The maximum atomic E-state index is 5.14. The van der Waals surface area contributed by atoms with E-state index in [4.69, 9.17) is 4.98 Å². The maximum absolute atomic E-state index is 5.14. The Morgan fingerprint density at radius 3 is 1.95 bits per heavy atom. The van der Waals surface area contributed by atoms with Crippen molar-refractivity contribution in [3.63, 3.8) is 0 Å². The van der Waals surface area contributed by atoms with Crippen molar-refractivity contribution >= 4 is 43.4 Å². The van der Waals surface area contributed by atoms with Crippen LogP contribution in [0, 0.1) is 0 Å². The van der Waals surface area contributed by atoms with Gasteiger partial charge in [0.25, 0.3) is 0 Å². The molecule has 2 nitrogen and oxygen atoms in total. The Morgan fingerprint density at radius 1 is 0.436 bits per heavy atom. The first-order valence-corrected chi connectivity index (χ1v) is 13.3. The fraction of sp³-hybridized carbons (Fsp3) is 0. The van der Waals surface area contributed by atoms with E-state index in [2.05, 4.69) is 150 Å². The number of rotatable bonds is 3. The molecule has 0 saturated carbocycles. The summed E-state index contributed by atoms with van der Waals surface area (Å²) in [6.07, 6.45) is 0. The lowest BCUT2D eigenvalue weighted by Crippen LogP contribution is -1.98. The number of fused-ring (bicyclic) bond motifs is 6. The molecule has 0 bridgehead atoms. The van der Waals surface area contributed by atoms with Crippen LogP contribution in [0.15, 0.2) is 146 Å². The molecule has 0 N–H and O–H groups in total. The molecule has 0 saturated heterocycles. The zero-order valence-electron chi connectivity index (χ0n) is 21.3. The van der Waals surface area contributed by atoms with Crippen molar-refractivity contribution in [1.82, 2.24) is 9.55 Å². The molecule has 8 aromatic rings. The first-order chi connectivity index (χ1) is 19.3. The molecule has 0 spiro atoms. The van der Waals surface area contributed by atoms with Gasteiger partial charge >= 0.3 is 0 Å². The van der Waals surface area contributed by atoms with Gasteiger partial charge in [-0.1, -0.05) is 115 Å². The van der Waals surface area contributed by atoms with Gasteiger partial charge in [0.2, 0.25) is 0 Å². The van der Waals surface area contributed by atoms with Gasteiger partial charge in [0, 0.05) is 11.3 Å². The first kappa shape index (κ1) is 21.8. The van der Waals surface area contributed by atoms with E-state index >= 15 is 0 Å². The molecule has 7 aromatic carbocycles. The largest absolute Gasteiger partial charge is 0.292 e. The predicted molar refractivity (Wildman–Crippen MR) is 164 cm³/mol.